The quantitative estimate of drug-likeness (QED) is 0.758. The third kappa shape index (κ3) is 4.42. The minimum Gasteiger partial charge on any atom is -0.406 e. The second-order valence-electron chi connectivity index (χ2n) is 5.50. The molecule has 0 spiro atoms. The number of anilines is 1. The van der Waals surface area contributed by atoms with E-state index in [9.17, 15) is 13.2 Å². The Balaban J connectivity index is 1.86. The normalized spacial score (nSPS) is 18.9. The van der Waals surface area contributed by atoms with E-state index in [-0.39, 0.29) is 5.76 Å². The van der Waals surface area contributed by atoms with Crippen LogP contribution in [-0.2, 0) is 9.47 Å². The molecule has 0 amide bonds. The molecule has 2 heterocycles. The average molecular weight is 361 g/mol. The van der Waals surface area contributed by atoms with Gasteiger partial charge in [0.25, 0.3) is 0 Å². The first-order chi connectivity index (χ1) is 11.4. The number of morpholine rings is 1. The van der Waals surface area contributed by atoms with Gasteiger partial charge in [-0.15, -0.1) is 13.2 Å². The van der Waals surface area contributed by atoms with Crippen molar-refractivity contribution in [2.45, 2.75) is 19.2 Å². The van der Waals surface area contributed by atoms with Crippen LogP contribution in [0.1, 0.15) is 18.5 Å². The lowest BCUT2D eigenvalue weighted by Gasteiger charge is -2.29. The van der Waals surface area contributed by atoms with Crippen molar-refractivity contribution in [2.24, 2.45) is 0 Å². The molecule has 1 saturated heterocycles. The molecule has 0 saturated carbocycles. The van der Waals surface area contributed by atoms with Crippen LogP contribution in [0.3, 0.4) is 0 Å². The van der Waals surface area contributed by atoms with E-state index in [0.717, 1.165) is 18.8 Å². The summed E-state index contributed by atoms with van der Waals surface area (Å²) in [6.45, 7) is 2.73. The molecule has 1 aromatic rings. The largest absolute Gasteiger partial charge is 0.573 e. The molecule has 4 nitrogen and oxygen atoms in total. The fourth-order valence-corrected chi connectivity index (χ4v) is 2.93. The van der Waals surface area contributed by atoms with Crippen LogP contribution in [0.2, 0.25) is 5.15 Å². The van der Waals surface area contributed by atoms with Crippen LogP contribution >= 0.6 is 11.6 Å². The van der Waals surface area contributed by atoms with Crippen LogP contribution in [0.4, 0.5) is 18.9 Å². The molecule has 8 heteroatoms. The Bertz CT molecular complexity index is 668. The zero-order chi connectivity index (χ0) is 17.2. The van der Waals surface area contributed by atoms with E-state index in [1.54, 1.807) is 6.07 Å². The van der Waals surface area contributed by atoms with E-state index in [0.29, 0.717) is 42.5 Å². The summed E-state index contributed by atoms with van der Waals surface area (Å²) >= 11 is 6.11. The number of nitrogens with zero attached hydrogens (tertiary/aromatic N) is 2. The van der Waals surface area contributed by atoms with Gasteiger partial charge in [0.05, 0.1) is 18.9 Å². The monoisotopic (exact) mass is 360 g/mol. The first-order valence-electron chi connectivity index (χ1n) is 7.58. The van der Waals surface area contributed by atoms with Gasteiger partial charge in [-0.3, -0.25) is 0 Å². The minimum absolute atomic E-state index is 0.210. The Hall–Kier alpha value is -1.73. The lowest BCUT2D eigenvalue weighted by molar-refractivity contribution is -0.303. The van der Waals surface area contributed by atoms with Crippen LogP contribution in [0.5, 0.6) is 0 Å². The number of halogens is 4. The maximum Gasteiger partial charge on any atom is 0.573 e. The highest BCUT2D eigenvalue weighted by atomic mass is 35.5. The number of aromatic nitrogens is 1. The third-order valence-electron chi connectivity index (χ3n) is 3.79. The first-order valence-corrected chi connectivity index (χ1v) is 7.96. The predicted octanol–water partition coefficient (Wildman–Crippen LogP) is 4.17. The average Bonchev–Trinajstić information content (AvgIpc) is 2.54. The number of rotatable bonds is 3. The molecule has 1 aromatic heterocycles. The molecule has 0 N–H and O–H groups in total. The van der Waals surface area contributed by atoms with Crippen LogP contribution in [0.15, 0.2) is 30.0 Å². The Morgan fingerprint density at radius 3 is 2.67 bits per heavy atom. The molecule has 0 bridgehead atoms. The molecular weight excluding hydrogens is 345 g/mol. The van der Waals surface area contributed by atoms with Gasteiger partial charge in [-0.1, -0.05) is 11.6 Å². The summed E-state index contributed by atoms with van der Waals surface area (Å²) < 4.78 is 46.5. The third-order valence-corrected chi connectivity index (χ3v) is 3.99. The van der Waals surface area contributed by atoms with E-state index in [1.807, 2.05) is 6.07 Å². The smallest absolute Gasteiger partial charge is 0.406 e. The van der Waals surface area contributed by atoms with Crippen molar-refractivity contribution in [3.05, 3.63) is 40.9 Å². The van der Waals surface area contributed by atoms with Crippen molar-refractivity contribution in [3.8, 4) is 0 Å². The maximum atomic E-state index is 12.4. The van der Waals surface area contributed by atoms with E-state index in [2.05, 4.69) is 14.6 Å². The van der Waals surface area contributed by atoms with Gasteiger partial charge in [0.1, 0.15) is 10.9 Å². The van der Waals surface area contributed by atoms with Crippen molar-refractivity contribution < 1.29 is 22.6 Å². The van der Waals surface area contributed by atoms with Gasteiger partial charge >= 0.3 is 6.36 Å². The van der Waals surface area contributed by atoms with E-state index >= 15 is 0 Å². The molecule has 1 fully saturated rings. The Morgan fingerprint density at radius 1 is 1.21 bits per heavy atom. The zero-order valence-electron chi connectivity index (χ0n) is 12.8. The highest BCUT2D eigenvalue weighted by Crippen LogP contribution is 2.32. The van der Waals surface area contributed by atoms with Gasteiger partial charge in [-0.2, -0.15) is 0 Å². The van der Waals surface area contributed by atoms with E-state index in [4.69, 9.17) is 16.3 Å². The lowest BCUT2D eigenvalue weighted by atomic mass is 10.00. The van der Waals surface area contributed by atoms with Gasteiger partial charge < -0.3 is 14.4 Å². The zero-order valence-corrected chi connectivity index (χ0v) is 13.5. The number of hydrogen-bond donors (Lipinski definition) is 0. The summed E-state index contributed by atoms with van der Waals surface area (Å²) in [4.78, 5) is 6.38. The molecule has 0 unspecified atom stereocenters. The number of pyridine rings is 1. The molecule has 3 rings (SSSR count). The van der Waals surface area contributed by atoms with Crippen LogP contribution in [-0.4, -0.2) is 37.6 Å². The summed E-state index contributed by atoms with van der Waals surface area (Å²) in [6.07, 6.45) is -0.867. The van der Waals surface area contributed by atoms with Crippen LogP contribution in [0, 0.1) is 0 Å². The SMILES string of the molecule is FC(F)(F)OC1=CCCC(c2cc(N3CCOCC3)cc(Cl)n2)=C1. The topological polar surface area (TPSA) is 34.6 Å². The summed E-state index contributed by atoms with van der Waals surface area (Å²) in [6, 6.07) is 3.60. The minimum atomic E-state index is -4.70. The van der Waals surface area contributed by atoms with Gasteiger partial charge in [-0.25, -0.2) is 4.98 Å². The number of allylic oxidation sites excluding steroid dienone is 3. The van der Waals surface area contributed by atoms with E-state index < -0.39 is 6.36 Å². The molecule has 1 aliphatic heterocycles. The summed E-state index contributed by atoms with van der Waals surface area (Å²) in [5.41, 5.74) is 2.14. The molecule has 24 heavy (non-hydrogen) atoms. The Kier molecular flexibility index (Phi) is 5.01. The second-order valence-corrected chi connectivity index (χ2v) is 5.88. The summed E-state index contributed by atoms with van der Waals surface area (Å²) in [5.74, 6) is -0.210. The van der Waals surface area contributed by atoms with Gasteiger partial charge in [0.15, 0.2) is 0 Å². The van der Waals surface area contributed by atoms with Crippen molar-refractivity contribution in [1.82, 2.24) is 4.98 Å². The van der Waals surface area contributed by atoms with Gasteiger partial charge in [0, 0.05) is 18.8 Å². The molecule has 0 atom stereocenters. The maximum absolute atomic E-state index is 12.4. The first kappa shape index (κ1) is 17.1. The Labute approximate surface area is 142 Å². The molecule has 130 valence electrons. The van der Waals surface area contributed by atoms with Crippen molar-refractivity contribution >= 4 is 22.9 Å². The van der Waals surface area contributed by atoms with E-state index in [1.165, 1.54) is 12.2 Å². The lowest BCUT2D eigenvalue weighted by Crippen LogP contribution is -2.36. The molecule has 1 aliphatic carbocycles. The van der Waals surface area contributed by atoms with Gasteiger partial charge in [-0.05, 0) is 42.7 Å². The van der Waals surface area contributed by atoms with Crippen molar-refractivity contribution in [2.75, 3.05) is 31.2 Å². The summed E-state index contributed by atoms with van der Waals surface area (Å²) in [5, 5.41) is 0.308. The highest BCUT2D eigenvalue weighted by molar-refractivity contribution is 6.29. The molecule has 0 aromatic carbocycles. The molecule has 0 radical (unpaired) electrons. The Morgan fingerprint density at radius 2 is 1.96 bits per heavy atom. The highest BCUT2D eigenvalue weighted by Gasteiger charge is 2.32. The standard InChI is InChI=1S/C16H16ClF3N2O2/c17-15-10-12(22-4-6-23-7-5-22)9-14(21-15)11-2-1-3-13(8-11)24-16(18,19)20/h3,8-10H,1-2,4-7H2. The summed E-state index contributed by atoms with van der Waals surface area (Å²) in [7, 11) is 0. The van der Waals surface area contributed by atoms with Gasteiger partial charge in [0.2, 0.25) is 0 Å². The fourth-order valence-electron chi connectivity index (χ4n) is 2.73. The number of ether oxygens (including phenoxy) is 2. The van der Waals surface area contributed by atoms with Crippen LogP contribution < -0.4 is 4.90 Å². The second kappa shape index (κ2) is 7.03. The fraction of sp³-hybridized carbons (Fsp3) is 0.438. The van der Waals surface area contributed by atoms with Crippen molar-refractivity contribution in [1.29, 1.82) is 0 Å². The molecular formula is C16H16ClF3N2O2. The number of alkyl halides is 3. The predicted molar refractivity (Wildman–Crippen MR) is 84.7 cm³/mol. The van der Waals surface area contributed by atoms with Crippen LogP contribution in [0.25, 0.3) is 5.57 Å². The molecule has 2 aliphatic rings. The number of hydrogen-bond acceptors (Lipinski definition) is 4. The van der Waals surface area contributed by atoms with Crippen molar-refractivity contribution in [3.63, 3.8) is 0 Å².